The fraction of sp³-hybridized carbons (Fsp3) is 0.253. The van der Waals surface area contributed by atoms with Crippen LogP contribution >= 0.6 is 0 Å². The van der Waals surface area contributed by atoms with Crippen LogP contribution in [0, 0.1) is 5.82 Å². The molecule has 6 heterocycles. The summed E-state index contributed by atoms with van der Waals surface area (Å²) in [5.41, 5.74) is 6.28. The molecule has 2 aliphatic carbocycles. The maximum absolute atomic E-state index is 12.8. The van der Waals surface area contributed by atoms with Crippen molar-refractivity contribution in [3.63, 3.8) is 0 Å². The van der Waals surface area contributed by atoms with Gasteiger partial charge in [-0.25, -0.2) is 42.7 Å². The van der Waals surface area contributed by atoms with Crippen molar-refractivity contribution in [2.24, 2.45) is 0 Å². The largest absolute Gasteiger partial charge is 0.506 e. The van der Waals surface area contributed by atoms with Gasteiger partial charge >= 0.3 is 47.8 Å². The molecular formula is C99H104FN11O24. The molecule has 0 saturated heterocycles. The number of aryl methyl sites for hydroxylation is 1. The normalized spacial score (nSPS) is 11.9. The van der Waals surface area contributed by atoms with Gasteiger partial charge in [0, 0.05) is 110 Å². The fourth-order valence-electron chi connectivity index (χ4n) is 14.9. The molecule has 0 bridgehead atoms. The molecule has 2 fully saturated rings. The first-order chi connectivity index (χ1) is 63.9. The summed E-state index contributed by atoms with van der Waals surface area (Å²) in [6, 6.07) is 47.0. The van der Waals surface area contributed by atoms with Gasteiger partial charge in [0.2, 0.25) is 0 Å². The zero-order chi connectivity index (χ0) is 99.4. The minimum Gasteiger partial charge on any atom is -0.506 e. The van der Waals surface area contributed by atoms with E-state index >= 15 is 0 Å². The van der Waals surface area contributed by atoms with E-state index in [2.05, 4.69) is 29.9 Å². The maximum atomic E-state index is 12.8. The summed E-state index contributed by atoms with van der Waals surface area (Å²) in [5.74, 6) is -11.9. The molecule has 6 aromatic carbocycles. The second kappa shape index (κ2) is 45.2. The Hall–Kier alpha value is -16.7. The fourth-order valence-corrected chi connectivity index (χ4v) is 14.9. The number of aromatic hydroxyl groups is 2. The standard InChI is InChI=1S/C20H24N2O4.C17H20N2O4.C17H18N2O3.C17H20N2O3.C15H14N2O5.C13H8FNO5/c1-22(2)14-10-8-13(9-11-14)17-15(12-6-4-3-5-7-12)18(23)16(20(25)26)19(24)21-17;1-4-5-12-14(10-6-8-11(9-7-10)19(2)3)18-16(21)13(15(12)20)17(22)23;1-19(2)12-7-5-11(6-8-12)15-13(10-3-4-10)9-14(17(21)22)16(20)18-15;1-4-5-12-10-14(17(21)22)16(20)18-15(12)11-6-8-13(9-7-11)19(2)3;1-17(2)9-5-3-8(4-6-9)12-10(14(19)20)7-11(15(21)22)13(18)16-12;14-7-3-1-6(2-4-7)10-8(12(17)18)5-9(13(19)20)11(16)15-10/h8-12H,3-7H2,1-2H3,(H,25,26)(H2,21,23,24);6-9H,4-5H2,1-3H3,(H,22,23)(H2,18,20,21);5-10H,3-4H2,1-2H3,(H,18,20)(H,21,22);6-10H,4-5H2,1-3H3,(H,18,20)(H,21,22);3-7H,1-2H3,(H,16,18)(H,19,20)(H,21,22);1-5H,(H,15,16)(H,17,18)(H,19,20). The van der Waals surface area contributed by atoms with Crippen molar-refractivity contribution < 1.29 is 93.8 Å². The van der Waals surface area contributed by atoms with Crippen molar-refractivity contribution in [1.29, 1.82) is 0 Å². The van der Waals surface area contributed by atoms with Crippen LogP contribution in [-0.2, 0) is 12.8 Å². The monoisotopic (exact) mass is 1850 g/mol. The molecule has 135 heavy (non-hydrogen) atoms. The third kappa shape index (κ3) is 25.3. The average Bonchev–Trinajstić information content (AvgIpc) is 1.22. The second-order valence-corrected chi connectivity index (χ2v) is 32.6. The van der Waals surface area contributed by atoms with Crippen LogP contribution in [0.2, 0.25) is 0 Å². The van der Waals surface area contributed by atoms with E-state index in [0.29, 0.717) is 59.0 Å². The molecule has 0 unspecified atom stereocenters. The van der Waals surface area contributed by atoms with Gasteiger partial charge in [-0.3, -0.25) is 28.8 Å². The van der Waals surface area contributed by atoms with Crippen molar-refractivity contribution in [3.05, 3.63) is 305 Å². The number of benzene rings is 6. The van der Waals surface area contributed by atoms with Crippen molar-refractivity contribution in [3.8, 4) is 79.0 Å². The van der Waals surface area contributed by atoms with Gasteiger partial charge in [0.1, 0.15) is 39.6 Å². The predicted octanol–water partition coefficient (Wildman–Crippen LogP) is 14.5. The molecule has 0 atom stereocenters. The van der Waals surface area contributed by atoms with Gasteiger partial charge in [-0.15, -0.1) is 0 Å². The van der Waals surface area contributed by atoms with Crippen molar-refractivity contribution in [2.45, 2.75) is 96.3 Å². The number of H-pyrrole nitrogens is 6. The Morgan fingerprint density at radius 3 is 0.919 bits per heavy atom. The molecule has 16 N–H and O–H groups in total. The number of hydrogen-bond acceptors (Lipinski definition) is 21. The van der Waals surface area contributed by atoms with E-state index in [1.165, 1.54) is 24.3 Å². The predicted molar refractivity (Wildman–Crippen MR) is 511 cm³/mol. The minimum atomic E-state index is -1.53. The molecule has 35 nitrogen and oxygen atoms in total. The van der Waals surface area contributed by atoms with Gasteiger partial charge < -0.3 is 105 Å². The number of aromatic nitrogens is 6. The van der Waals surface area contributed by atoms with Crippen LogP contribution in [-0.4, -0.2) is 199 Å². The van der Waals surface area contributed by atoms with Crippen LogP contribution in [0.4, 0.5) is 32.8 Å². The summed E-state index contributed by atoms with van der Waals surface area (Å²) in [6.07, 6.45) is 9.78. The molecule has 0 radical (unpaired) electrons. The van der Waals surface area contributed by atoms with E-state index in [0.717, 1.165) is 143 Å². The minimum absolute atomic E-state index is 0.0437. The molecule has 2 saturated carbocycles. The van der Waals surface area contributed by atoms with Crippen LogP contribution in [0.15, 0.2) is 199 Å². The van der Waals surface area contributed by atoms with Gasteiger partial charge in [-0.2, -0.15) is 0 Å². The highest BCUT2D eigenvalue weighted by atomic mass is 19.1. The zero-order valence-corrected chi connectivity index (χ0v) is 75.9. The van der Waals surface area contributed by atoms with E-state index in [1.54, 1.807) is 24.3 Å². The summed E-state index contributed by atoms with van der Waals surface area (Å²) in [5, 5.41) is 93.6. The van der Waals surface area contributed by atoms with Gasteiger partial charge in [-0.1, -0.05) is 107 Å². The number of hydrogen-bond donors (Lipinski definition) is 16. The molecule has 2 aliphatic rings. The lowest BCUT2D eigenvalue weighted by molar-refractivity contribution is 0.0674. The number of pyridine rings is 6. The number of halogens is 1. The Morgan fingerprint density at radius 1 is 0.304 bits per heavy atom. The highest BCUT2D eigenvalue weighted by Gasteiger charge is 2.32. The first-order valence-electron chi connectivity index (χ1n) is 42.4. The number of carboxylic acids is 8. The van der Waals surface area contributed by atoms with E-state index < -0.39 is 115 Å². The Kier molecular flexibility index (Phi) is 34.2. The van der Waals surface area contributed by atoms with Gasteiger partial charge in [0.15, 0.2) is 11.1 Å². The van der Waals surface area contributed by atoms with Crippen LogP contribution < -0.4 is 57.9 Å². The number of nitrogens with one attached hydrogen (secondary N) is 6. The smallest absolute Gasteiger partial charge is 0.345 e. The topological polar surface area (TPSA) is 552 Å². The van der Waals surface area contributed by atoms with E-state index in [1.807, 2.05) is 206 Å². The van der Waals surface area contributed by atoms with Crippen LogP contribution in [0.25, 0.3) is 67.5 Å². The summed E-state index contributed by atoms with van der Waals surface area (Å²) in [6.45, 7) is 3.94. The molecule has 12 aromatic rings. The lowest BCUT2D eigenvalue weighted by atomic mass is 9.81. The quantitative estimate of drug-likeness (QED) is 0.0253. The molecule has 706 valence electrons. The lowest BCUT2D eigenvalue weighted by Crippen LogP contribution is -2.21. The highest BCUT2D eigenvalue weighted by Crippen LogP contribution is 2.45. The molecular weight excluding hydrogens is 1750 g/mol. The van der Waals surface area contributed by atoms with Crippen molar-refractivity contribution in [2.75, 3.05) is 95.0 Å². The summed E-state index contributed by atoms with van der Waals surface area (Å²) < 4.78 is 12.8. The van der Waals surface area contributed by atoms with E-state index in [9.17, 15) is 91.9 Å². The average molecular weight is 1850 g/mol. The second-order valence-electron chi connectivity index (χ2n) is 32.6. The molecule has 0 aliphatic heterocycles. The molecule has 0 amide bonds. The number of anilines is 5. The van der Waals surface area contributed by atoms with Gasteiger partial charge in [0.05, 0.1) is 45.3 Å². The zero-order valence-electron chi connectivity index (χ0n) is 75.9. The molecule has 36 heteroatoms. The Balaban J connectivity index is 0.000000182. The van der Waals surface area contributed by atoms with Crippen LogP contribution in [0.1, 0.15) is 189 Å². The first-order valence-corrected chi connectivity index (χ1v) is 42.4. The maximum Gasteiger partial charge on any atom is 0.345 e. The van der Waals surface area contributed by atoms with Crippen molar-refractivity contribution >= 4 is 76.2 Å². The third-order valence-electron chi connectivity index (χ3n) is 22.1. The van der Waals surface area contributed by atoms with Crippen molar-refractivity contribution in [1.82, 2.24) is 29.9 Å². The Morgan fingerprint density at radius 2 is 0.585 bits per heavy atom. The summed E-state index contributed by atoms with van der Waals surface area (Å²) in [7, 11) is 19.3. The third-order valence-corrected chi connectivity index (χ3v) is 22.1. The van der Waals surface area contributed by atoms with Gasteiger partial charge in [-0.05, 0) is 204 Å². The SMILES string of the molecule is CCCc1c(-c2ccc(N(C)C)cc2)[nH]c(=O)c(C(=O)O)c1O.CCCc1cc(C(=O)O)c(=O)[nH]c1-c1ccc(N(C)C)cc1.CN(C)c1ccc(-c2[nH]c(=O)c(C(=O)O)c(O)c2C2CCCCC2)cc1.CN(C)c1ccc(-c2[nH]c(=O)c(C(=O)O)cc2C(=O)O)cc1.CN(C)c1ccc(-c2[nH]c(=O)c(C(=O)O)cc2C2CC2)cc1.O=C(O)c1cc(C(=O)O)c(=O)[nH]c1-c1ccc(F)cc1. The van der Waals surface area contributed by atoms with Gasteiger partial charge in [0.25, 0.3) is 33.4 Å². The number of nitrogens with zero attached hydrogens (tertiary/aromatic N) is 5. The molecule has 6 aromatic heterocycles. The number of rotatable bonds is 25. The lowest BCUT2D eigenvalue weighted by Gasteiger charge is -2.25. The number of aromatic carboxylic acids is 8. The first kappa shape index (κ1) is 102. The molecule has 0 spiro atoms. The van der Waals surface area contributed by atoms with E-state index in [4.69, 9.17) is 30.6 Å². The number of carboxylic acid groups (broad SMARTS) is 8. The number of carbonyl (C=O) groups is 8. The van der Waals surface area contributed by atoms with Crippen LogP contribution in [0.3, 0.4) is 0 Å². The Labute approximate surface area is 771 Å². The highest BCUT2D eigenvalue weighted by molar-refractivity contribution is 6.00. The molecule has 14 rings (SSSR count). The number of aromatic amines is 6. The summed E-state index contributed by atoms with van der Waals surface area (Å²) in [4.78, 5) is 186. The Bertz CT molecular complexity index is 6790. The van der Waals surface area contributed by atoms with Crippen LogP contribution in [0.5, 0.6) is 11.5 Å². The van der Waals surface area contributed by atoms with E-state index in [-0.39, 0.29) is 50.9 Å². The summed E-state index contributed by atoms with van der Waals surface area (Å²) >= 11 is 0.